The van der Waals surface area contributed by atoms with E-state index in [2.05, 4.69) is 4.99 Å². The van der Waals surface area contributed by atoms with Gasteiger partial charge in [0.25, 0.3) is 5.56 Å². The zero-order valence-electron chi connectivity index (χ0n) is 19.5. The summed E-state index contributed by atoms with van der Waals surface area (Å²) in [4.78, 5) is 31.7. The number of nitrogens with zero attached hydrogens (tertiary/aromatic N) is 2. The molecule has 34 heavy (non-hydrogen) atoms. The number of benzene rings is 2. The summed E-state index contributed by atoms with van der Waals surface area (Å²) in [5, 5.41) is 0. The summed E-state index contributed by atoms with van der Waals surface area (Å²) < 4.78 is 18.4. The van der Waals surface area contributed by atoms with Crippen LogP contribution in [0.3, 0.4) is 0 Å². The first kappa shape index (κ1) is 23.5. The van der Waals surface area contributed by atoms with Crippen LogP contribution in [0.1, 0.15) is 37.9 Å². The zero-order chi connectivity index (χ0) is 24.2. The fraction of sp³-hybridized carbons (Fsp3) is 0.269. The zero-order valence-corrected chi connectivity index (χ0v) is 20.3. The molecule has 8 heteroatoms. The number of fused-ring (bicyclic) bond motifs is 1. The van der Waals surface area contributed by atoms with E-state index in [-0.39, 0.29) is 12.2 Å². The molecule has 0 aliphatic carbocycles. The monoisotopic (exact) mass is 478 g/mol. The maximum Gasteiger partial charge on any atom is 0.338 e. The number of aromatic nitrogens is 1. The van der Waals surface area contributed by atoms with Gasteiger partial charge in [-0.3, -0.25) is 9.36 Å². The van der Waals surface area contributed by atoms with Gasteiger partial charge in [0.2, 0.25) is 0 Å². The van der Waals surface area contributed by atoms with Crippen LogP contribution in [0.4, 0.5) is 0 Å². The third-order valence-corrected chi connectivity index (χ3v) is 6.44. The van der Waals surface area contributed by atoms with Gasteiger partial charge >= 0.3 is 5.97 Å². The van der Waals surface area contributed by atoms with Crippen molar-refractivity contribution in [2.75, 3.05) is 20.3 Å². The van der Waals surface area contributed by atoms with E-state index < -0.39 is 12.0 Å². The lowest BCUT2D eigenvalue weighted by Crippen LogP contribution is -2.39. The van der Waals surface area contributed by atoms with Crippen molar-refractivity contribution >= 4 is 23.4 Å². The Labute approximate surface area is 201 Å². The molecule has 0 radical (unpaired) electrons. The summed E-state index contributed by atoms with van der Waals surface area (Å²) in [6.07, 6.45) is 1.81. The molecule has 0 spiro atoms. The van der Waals surface area contributed by atoms with E-state index in [0.717, 1.165) is 11.1 Å². The third kappa shape index (κ3) is 4.41. The van der Waals surface area contributed by atoms with Crippen molar-refractivity contribution in [2.45, 2.75) is 26.8 Å². The highest BCUT2D eigenvalue weighted by atomic mass is 32.1. The Bertz CT molecular complexity index is 1420. The molecule has 1 aromatic heterocycles. The number of carbonyl (C=O) groups excluding carboxylic acids is 1. The molecule has 0 N–H and O–H groups in total. The fourth-order valence-electron chi connectivity index (χ4n) is 3.92. The number of esters is 1. The van der Waals surface area contributed by atoms with E-state index in [1.165, 1.54) is 11.3 Å². The van der Waals surface area contributed by atoms with Gasteiger partial charge in [-0.2, -0.15) is 0 Å². The average molecular weight is 479 g/mol. The van der Waals surface area contributed by atoms with Crippen LogP contribution in [-0.2, 0) is 9.53 Å². The summed E-state index contributed by atoms with van der Waals surface area (Å²) in [7, 11) is 1.59. The van der Waals surface area contributed by atoms with E-state index in [1.807, 2.05) is 61.5 Å². The molecule has 0 amide bonds. The molecular weight excluding hydrogens is 452 g/mol. The van der Waals surface area contributed by atoms with E-state index in [9.17, 15) is 9.59 Å². The van der Waals surface area contributed by atoms with Crippen LogP contribution >= 0.6 is 11.3 Å². The lowest BCUT2D eigenvalue weighted by Gasteiger charge is -2.24. The molecule has 1 aliphatic heterocycles. The summed E-state index contributed by atoms with van der Waals surface area (Å²) in [6, 6.07) is 14.2. The molecule has 0 saturated heterocycles. The van der Waals surface area contributed by atoms with Crippen molar-refractivity contribution in [1.82, 2.24) is 4.57 Å². The molecular formula is C26H26N2O5S. The number of allylic oxidation sites excluding steroid dienone is 1. The highest BCUT2D eigenvalue weighted by Gasteiger charge is 2.33. The minimum absolute atomic E-state index is 0.226. The second kappa shape index (κ2) is 10.1. The Morgan fingerprint density at radius 2 is 1.85 bits per heavy atom. The van der Waals surface area contributed by atoms with E-state index in [4.69, 9.17) is 14.2 Å². The van der Waals surface area contributed by atoms with Crippen LogP contribution in [0.5, 0.6) is 11.5 Å². The highest BCUT2D eigenvalue weighted by Crippen LogP contribution is 2.31. The molecule has 7 nitrogen and oxygen atoms in total. The lowest BCUT2D eigenvalue weighted by molar-refractivity contribution is -0.139. The second-order valence-electron chi connectivity index (χ2n) is 7.55. The van der Waals surface area contributed by atoms with Crippen molar-refractivity contribution in [3.63, 3.8) is 0 Å². The van der Waals surface area contributed by atoms with Crippen molar-refractivity contribution in [3.05, 3.63) is 90.6 Å². The van der Waals surface area contributed by atoms with Crippen molar-refractivity contribution < 1.29 is 19.0 Å². The summed E-state index contributed by atoms with van der Waals surface area (Å²) >= 11 is 1.28. The molecule has 0 saturated carbocycles. The smallest absolute Gasteiger partial charge is 0.338 e. The van der Waals surface area contributed by atoms with Crippen LogP contribution in [0.15, 0.2) is 69.6 Å². The minimum atomic E-state index is -0.662. The Morgan fingerprint density at radius 3 is 2.53 bits per heavy atom. The fourth-order valence-corrected chi connectivity index (χ4v) is 4.96. The number of carbonyl (C=O) groups is 1. The first-order valence-corrected chi connectivity index (χ1v) is 11.9. The van der Waals surface area contributed by atoms with Crippen LogP contribution < -0.4 is 24.4 Å². The van der Waals surface area contributed by atoms with Gasteiger partial charge in [-0.15, -0.1) is 0 Å². The van der Waals surface area contributed by atoms with Crippen LogP contribution in [0.2, 0.25) is 0 Å². The standard InChI is InChI=1S/C26H26N2O5S/c1-5-32-20-10-8-7-9-18(20)15-21-24(29)28-23(17-11-13-19(31-4)14-12-17)22(25(30)33-6-2)16(3)27-26(28)34-21/h7-15,23H,5-6H2,1-4H3/b21-15+/t23-/m1/s1. The van der Waals surface area contributed by atoms with Crippen LogP contribution in [0, 0.1) is 0 Å². The maximum absolute atomic E-state index is 13.7. The summed E-state index contributed by atoms with van der Waals surface area (Å²) in [5.41, 5.74) is 2.21. The minimum Gasteiger partial charge on any atom is -0.497 e. The molecule has 1 atom stereocenters. The van der Waals surface area contributed by atoms with Gasteiger partial charge in [0.15, 0.2) is 4.80 Å². The molecule has 0 bridgehead atoms. The Kier molecular flexibility index (Phi) is 6.98. The molecule has 3 aromatic rings. The quantitative estimate of drug-likeness (QED) is 0.488. The van der Waals surface area contributed by atoms with Crippen molar-refractivity contribution in [1.29, 1.82) is 0 Å². The topological polar surface area (TPSA) is 79.1 Å². The number of hydrogen-bond acceptors (Lipinski definition) is 7. The number of rotatable bonds is 7. The van der Waals surface area contributed by atoms with Crippen molar-refractivity contribution in [3.8, 4) is 11.5 Å². The third-order valence-electron chi connectivity index (χ3n) is 5.45. The predicted octanol–water partition coefficient (Wildman–Crippen LogP) is 3.21. The number of para-hydroxylation sites is 1. The van der Waals surface area contributed by atoms with Crippen LogP contribution in [0.25, 0.3) is 6.08 Å². The summed E-state index contributed by atoms with van der Waals surface area (Å²) in [6.45, 7) is 6.18. The number of methoxy groups -OCH3 is 1. The Hall–Kier alpha value is -3.65. The average Bonchev–Trinajstić information content (AvgIpc) is 3.14. The molecule has 2 aromatic carbocycles. The number of thiazole rings is 1. The normalized spacial score (nSPS) is 15.5. The summed E-state index contributed by atoms with van der Waals surface area (Å²) in [5.74, 6) is 0.897. The number of ether oxygens (including phenoxy) is 3. The maximum atomic E-state index is 13.7. The largest absolute Gasteiger partial charge is 0.497 e. The highest BCUT2D eigenvalue weighted by molar-refractivity contribution is 7.07. The molecule has 176 valence electrons. The molecule has 2 heterocycles. The lowest BCUT2D eigenvalue weighted by atomic mass is 9.96. The number of hydrogen-bond donors (Lipinski definition) is 0. The van der Waals surface area contributed by atoms with Gasteiger partial charge < -0.3 is 14.2 Å². The predicted molar refractivity (Wildman–Crippen MR) is 131 cm³/mol. The Morgan fingerprint density at radius 1 is 1.12 bits per heavy atom. The van der Waals surface area contributed by atoms with E-state index in [1.54, 1.807) is 25.5 Å². The van der Waals surface area contributed by atoms with Gasteiger partial charge in [-0.05, 0) is 50.6 Å². The first-order chi connectivity index (χ1) is 16.5. The van der Waals surface area contributed by atoms with Crippen molar-refractivity contribution in [2.24, 2.45) is 4.99 Å². The van der Waals surface area contributed by atoms with E-state index >= 15 is 0 Å². The Balaban J connectivity index is 1.93. The molecule has 0 unspecified atom stereocenters. The van der Waals surface area contributed by atoms with Gasteiger partial charge in [0.05, 0.1) is 42.2 Å². The molecule has 1 aliphatic rings. The van der Waals surface area contributed by atoms with E-state index in [0.29, 0.717) is 38.7 Å². The van der Waals surface area contributed by atoms with Gasteiger partial charge in [-0.1, -0.05) is 41.7 Å². The first-order valence-electron chi connectivity index (χ1n) is 11.0. The SMILES string of the molecule is CCOC(=O)C1=C(C)N=c2s/c(=C/c3ccccc3OCC)c(=O)n2[C@@H]1c1ccc(OC)cc1. The van der Waals surface area contributed by atoms with Gasteiger partial charge in [0, 0.05) is 5.56 Å². The van der Waals surface area contributed by atoms with Gasteiger partial charge in [-0.25, -0.2) is 9.79 Å². The van der Waals surface area contributed by atoms with Crippen LogP contribution in [-0.4, -0.2) is 30.9 Å². The molecule has 0 fully saturated rings. The van der Waals surface area contributed by atoms with Gasteiger partial charge in [0.1, 0.15) is 11.5 Å². The molecule has 4 rings (SSSR count). The second-order valence-corrected chi connectivity index (χ2v) is 8.56.